The zero-order valence-electron chi connectivity index (χ0n) is 17.0. The Morgan fingerprint density at radius 3 is 2.41 bits per heavy atom. The maximum atomic E-state index is 12.3. The Labute approximate surface area is 180 Å². The predicted octanol–water partition coefficient (Wildman–Crippen LogP) is 4.97. The van der Waals surface area contributed by atoms with Gasteiger partial charge in [-0.3, -0.25) is 9.48 Å². The van der Waals surface area contributed by atoms with Crippen molar-refractivity contribution in [1.29, 1.82) is 0 Å². The lowest BCUT2D eigenvalue weighted by atomic mass is 10.1. The number of amides is 1. The van der Waals surface area contributed by atoms with Gasteiger partial charge < -0.3 is 10.1 Å². The van der Waals surface area contributed by atoms with Crippen LogP contribution in [-0.4, -0.2) is 22.2 Å². The molecule has 0 saturated heterocycles. The van der Waals surface area contributed by atoms with Gasteiger partial charge in [0, 0.05) is 24.8 Å². The molecule has 0 unspecified atom stereocenters. The van der Waals surface area contributed by atoms with Crippen LogP contribution >= 0.6 is 15.9 Å². The topological polar surface area (TPSA) is 56.1 Å². The second kappa shape index (κ2) is 9.74. The van der Waals surface area contributed by atoms with Crippen molar-refractivity contribution in [1.82, 2.24) is 15.1 Å². The number of carbonyl (C=O) groups is 1. The van der Waals surface area contributed by atoms with Gasteiger partial charge in [-0.05, 0) is 71.9 Å². The van der Waals surface area contributed by atoms with Crippen LogP contribution in [0.4, 0.5) is 0 Å². The standard InChI is InChI=1S/C23H26BrN3O2/c1-16-6-4-7-17(2)22(16)29-15-19-8-10-20(11-9-19)23(28)25-12-5-13-27-14-21(24)18(3)26-27/h4,6-11,14H,5,12-13,15H2,1-3H3,(H,25,28). The van der Waals surface area contributed by atoms with Crippen LogP contribution in [0, 0.1) is 20.8 Å². The van der Waals surface area contributed by atoms with E-state index in [1.807, 2.05) is 74.1 Å². The first-order valence-electron chi connectivity index (χ1n) is 9.70. The van der Waals surface area contributed by atoms with Gasteiger partial charge in [-0.2, -0.15) is 5.10 Å². The third-order valence-corrected chi connectivity index (χ3v) is 5.52. The fraction of sp³-hybridized carbons (Fsp3) is 0.304. The van der Waals surface area contributed by atoms with Gasteiger partial charge in [-0.1, -0.05) is 30.3 Å². The normalized spacial score (nSPS) is 10.8. The molecule has 3 aromatic rings. The highest BCUT2D eigenvalue weighted by Crippen LogP contribution is 2.23. The minimum atomic E-state index is -0.0648. The van der Waals surface area contributed by atoms with Crippen LogP contribution in [-0.2, 0) is 13.2 Å². The van der Waals surface area contributed by atoms with Gasteiger partial charge in [-0.15, -0.1) is 0 Å². The van der Waals surface area contributed by atoms with Crippen LogP contribution in [0.5, 0.6) is 5.75 Å². The Kier molecular flexibility index (Phi) is 7.09. The number of carbonyl (C=O) groups excluding carboxylic acids is 1. The zero-order valence-corrected chi connectivity index (χ0v) is 18.6. The number of para-hydroxylation sites is 1. The quantitative estimate of drug-likeness (QED) is 0.487. The van der Waals surface area contributed by atoms with E-state index in [0.29, 0.717) is 18.7 Å². The maximum Gasteiger partial charge on any atom is 0.251 e. The third kappa shape index (κ3) is 5.70. The zero-order chi connectivity index (χ0) is 20.8. The number of hydrogen-bond donors (Lipinski definition) is 1. The van der Waals surface area contributed by atoms with Crippen molar-refractivity contribution >= 4 is 21.8 Å². The molecule has 5 nitrogen and oxygen atoms in total. The molecule has 0 radical (unpaired) electrons. The van der Waals surface area contributed by atoms with Gasteiger partial charge >= 0.3 is 0 Å². The molecule has 1 amide bonds. The summed E-state index contributed by atoms with van der Waals surface area (Å²) < 4.78 is 8.86. The van der Waals surface area contributed by atoms with Crippen molar-refractivity contribution in [2.24, 2.45) is 0 Å². The number of halogens is 1. The van der Waals surface area contributed by atoms with Crippen molar-refractivity contribution in [3.63, 3.8) is 0 Å². The molecule has 29 heavy (non-hydrogen) atoms. The summed E-state index contributed by atoms with van der Waals surface area (Å²) in [4.78, 5) is 12.3. The molecule has 0 aliphatic heterocycles. The van der Waals surface area contributed by atoms with E-state index in [2.05, 4.69) is 26.3 Å². The smallest absolute Gasteiger partial charge is 0.251 e. The van der Waals surface area contributed by atoms with E-state index >= 15 is 0 Å². The van der Waals surface area contributed by atoms with E-state index in [4.69, 9.17) is 4.74 Å². The second-order valence-corrected chi connectivity index (χ2v) is 8.00. The minimum absolute atomic E-state index is 0.0648. The number of ether oxygens (including phenoxy) is 1. The molecule has 2 aromatic carbocycles. The van der Waals surface area contributed by atoms with Gasteiger partial charge in [0.05, 0.1) is 10.2 Å². The van der Waals surface area contributed by atoms with E-state index in [9.17, 15) is 4.79 Å². The number of aryl methyl sites for hydroxylation is 4. The lowest BCUT2D eigenvalue weighted by Gasteiger charge is -2.12. The lowest BCUT2D eigenvalue weighted by Crippen LogP contribution is -2.25. The number of benzene rings is 2. The van der Waals surface area contributed by atoms with Crippen molar-refractivity contribution in [3.8, 4) is 5.75 Å². The van der Waals surface area contributed by atoms with Crippen LogP contribution in [0.2, 0.25) is 0 Å². The van der Waals surface area contributed by atoms with E-state index in [1.165, 1.54) is 0 Å². The monoisotopic (exact) mass is 455 g/mol. The summed E-state index contributed by atoms with van der Waals surface area (Å²) in [5.74, 6) is 0.860. The van der Waals surface area contributed by atoms with Crippen LogP contribution in [0.25, 0.3) is 0 Å². The van der Waals surface area contributed by atoms with E-state index in [1.54, 1.807) is 0 Å². The number of aromatic nitrogens is 2. The summed E-state index contributed by atoms with van der Waals surface area (Å²) >= 11 is 3.45. The number of nitrogens with one attached hydrogen (secondary N) is 1. The average molecular weight is 456 g/mol. The van der Waals surface area contributed by atoms with Crippen molar-refractivity contribution in [3.05, 3.63) is 81.1 Å². The van der Waals surface area contributed by atoms with E-state index in [-0.39, 0.29) is 5.91 Å². The second-order valence-electron chi connectivity index (χ2n) is 7.14. The van der Waals surface area contributed by atoms with Crippen LogP contribution in [0.3, 0.4) is 0 Å². The predicted molar refractivity (Wildman–Crippen MR) is 118 cm³/mol. The largest absolute Gasteiger partial charge is 0.488 e. The van der Waals surface area contributed by atoms with Crippen LogP contribution in [0.15, 0.2) is 53.1 Å². The molecule has 6 heteroatoms. The molecule has 1 aromatic heterocycles. The van der Waals surface area contributed by atoms with Crippen molar-refractivity contribution < 1.29 is 9.53 Å². The number of hydrogen-bond acceptors (Lipinski definition) is 3. The Bertz CT molecular complexity index is 941. The minimum Gasteiger partial charge on any atom is -0.488 e. The molecule has 0 aliphatic rings. The summed E-state index contributed by atoms with van der Waals surface area (Å²) in [6.45, 7) is 7.89. The van der Waals surface area contributed by atoms with Gasteiger partial charge in [0.15, 0.2) is 0 Å². The van der Waals surface area contributed by atoms with E-state index in [0.717, 1.165) is 45.6 Å². The van der Waals surface area contributed by atoms with Gasteiger partial charge in [0.2, 0.25) is 0 Å². The fourth-order valence-corrected chi connectivity index (χ4v) is 3.40. The SMILES string of the molecule is Cc1cccc(C)c1OCc1ccc(C(=O)NCCCn2cc(Br)c(C)n2)cc1. The van der Waals surface area contributed by atoms with Crippen molar-refractivity contribution in [2.45, 2.75) is 40.3 Å². The molecule has 0 saturated carbocycles. The van der Waals surface area contributed by atoms with Crippen molar-refractivity contribution in [2.75, 3.05) is 6.54 Å². The Morgan fingerprint density at radius 1 is 1.10 bits per heavy atom. The summed E-state index contributed by atoms with van der Waals surface area (Å²) in [6, 6.07) is 13.7. The fourth-order valence-electron chi connectivity index (χ4n) is 3.09. The van der Waals surface area contributed by atoms with Gasteiger partial charge in [0.1, 0.15) is 12.4 Å². The van der Waals surface area contributed by atoms with Gasteiger partial charge in [-0.25, -0.2) is 0 Å². The van der Waals surface area contributed by atoms with Crippen LogP contribution < -0.4 is 10.1 Å². The highest BCUT2D eigenvalue weighted by atomic mass is 79.9. The highest BCUT2D eigenvalue weighted by Gasteiger charge is 2.07. The first kappa shape index (κ1) is 21.1. The lowest BCUT2D eigenvalue weighted by molar-refractivity contribution is 0.0952. The third-order valence-electron chi connectivity index (χ3n) is 4.74. The molecule has 1 N–H and O–H groups in total. The number of nitrogens with zero attached hydrogens (tertiary/aromatic N) is 2. The first-order chi connectivity index (χ1) is 13.9. The molecule has 0 aliphatic carbocycles. The molecular weight excluding hydrogens is 430 g/mol. The molecule has 152 valence electrons. The average Bonchev–Trinajstić information content (AvgIpc) is 3.02. The summed E-state index contributed by atoms with van der Waals surface area (Å²) in [7, 11) is 0. The van der Waals surface area contributed by atoms with Crippen LogP contribution in [0.1, 0.15) is 39.2 Å². The molecule has 0 spiro atoms. The summed E-state index contributed by atoms with van der Waals surface area (Å²) in [5, 5.41) is 7.35. The van der Waals surface area contributed by atoms with Gasteiger partial charge in [0.25, 0.3) is 5.91 Å². The molecule has 0 atom stereocenters. The Hall–Kier alpha value is -2.60. The molecule has 0 bridgehead atoms. The molecule has 1 heterocycles. The molecule has 0 fully saturated rings. The Morgan fingerprint density at radius 2 is 1.79 bits per heavy atom. The number of rotatable bonds is 8. The molecule has 3 rings (SSSR count). The maximum absolute atomic E-state index is 12.3. The molecular formula is C23H26BrN3O2. The first-order valence-corrected chi connectivity index (χ1v) is 10.5. The van der Waals surface area contributed by atoms with E-state index < -0.39 is 0 Å². The highest BCUT2D eigenvalue weighted by molar-refractivity contribution is 9.10. The summed E-state index contributed by atoms with van der Waals surface area (Å²) in [5.41, 5.74) is 4.90. The summed E-state index contributed by atoms with van der Waals surface area (Å²) in [6.07, 6.45) is 2.78. The Balaban J connectivity index is 1.46.